The van der Waals surface area contributed by atoms with Gasteiger partial charge in [-0.1, -0.05) is 17.8 Å². The quantitative estimate of drug-likeness (QED) is 0.158. The average molecular weight is 662 g/mol. The first-order valence-corrected chi connectivity index (χ1v) is 16.3. The van der Waals surface area contributed by atoms with Crippen LogP contribution in [0.3, 0.4) is 0 Å². The standard InChI is InChI=1S/C29H26F3N5O4S3/c1-29(2,17-5-10-24(40-3)25(13-17)41-4)26-34-35-28(37(26)19-8-6-18(30)7-9-19)43-16-21-22(31)14-20(15-23(21)32)44(38,39)36-27-33-11-12-42-27/h5-15H,16H2,1-4H3,(H,33,36). The highest BCUT2D eigenvalue weighted by atomic mass is 32.2. The van der Waals surface area contributed by atoms with E-state index < -0.39 is 37.8 Å². The summed E-state index contributed by atoms with van der Waals surface area (Å²) >= 11 is 2.02. The van der Waals surface area contributed by atoms with Crippen LogP contribution in [0.1, 0.15) is 30.8 Å². The molecule has 5 aromatic rings. The molecule has 0 bridgehead atoms. The molecule has 9 nitrogen and oxygen atoms in total. The molecule has 0 saturated heterocycles. The Balaban J connectivity index is 1.50. The van der Waals surface area contributed by atoms with Crippen LogP contribution in [0, 0.1) is 17.5 Å². The van der Waals surface area contributed by atoms with Crippen LogP contribution in [0.15, 0.2) is 76.2 Å². The Labute approximate surface area is 260 Å². The van der Waals surface area contributed by atoms with Crippen LogP contribution in [-0.4, -0.2) is 42.4 Å². The fourth-order valence-electron chi connectivity index (χ4n) is 4.40. The van der Waals surface area contributed by atoms with Crippen molar-refractivity contribution in [1.29, 1.82) is 0 Å². The lowest BCUT2D eigenvalue weighted by Crippen LogP contribution is -2.24. The van der Waals surface area contributed by atoms with Crippen LogP contribution in [0.4, 0.5) is 18.3 Å². The lowest BCUT2D eigenvalue weighted by Gasteiger charge is -2.26. The number of hydrogen-bond donors (Lipinski definition) is 1. The van der Waals surface area contributed by atoms with Crippen LogP contribution in [0.5, 0.6) is 11.5 Å². The van der Waals surface area contributed by atoms with Gasteiger partial charge in [-0.15, -0.1) is 21.5 Å². The van der Waals surface area contributed by atoms with E-state index in [2.05, 4.69) is 19.9 Å². The maximum atomic E-state index is 15.2. The predicted molar refractivity (Wildman–Crippen MR) is 162 cm³/mol. The summed E-state index contributed by atoms with van der Waals surface area (Å²) in [7, 11) is -1.20. The summed E-state index contributed by atoms with van der Waals surface area (Å²) in [4.78, 5) is 3.26. The summed E-state index contributed by atoms with van der Waals surface area (Å²) in [6.45, 7) is 3.84. The zero-order valence-electron chi connectivity index (χ0n) is 23.8. The summed E-state index contributed by atoms with van der Waals surface area (Å²) in [5, 5.41) is 10.7. The minimum absolute atomic E-state index is 0.0670. The SMILES string of the molecule is COc1ccc(C(C)(C)c2nnc(SCc3c(F)cc(S(=O)(=O)Nc4nccs4)cc3F)n2-c2ccc(F)cc2)cc1OC. The largest absolute Gasteiger partial charge is 0.493 e. The topological polar surface area (TPSA) is 108 Å². The smallest absolute Gasteiger partial charge is 0.263 e. The molecule has 44 heavy (non-hydrogen) atoms. The molecule has 0 radical (unpaired) electrons. The molecule has 2 aromatic heterocycles. The zero-order chi connectivity index (χ0) is 31.6. The Hall–Kier alpha value is -4.08. The van der Waals surface area contributed by atoms with Crippen LogP contribution in [0.25, 0.3) is 5.69 Å². The highest BCUT2D eigenvalue weighted by Crippen LogP contribution is 2.39. The molecule has 1 N–H and O–H groups in total. The molecule has 0 saturated carbocycles. The number of ether oxygens (including phenoxy) is 2. The van der Waals surface area contributed by atoms with Gasteiger partial charge in [0.25, 0.3) is 10.0 Å². The van der Waals surface area contributed by atoms with Crippen molar-refractivity contribution in [2.75, 3.05) is 18.9 Å². The van der Waals surface area contributed by atoms with Crippen molar-refractivity contribution in [2.24, 2.45) is 0 Å². The fraction of sp³-hybridized carbons (Fsp3) is 0.207. The number of thioether (sulfide) groups is 1. The average Bonchev–Trinajstić information content (AvgIpc) is 3.67. The highest BCUT2D eigenvalue weighted by Gasteiger charge is 2.33. The Bertz CT molecular complexity index is 1880. The molecule has 0 atom stereocenters. The van der Waals surface area contributed by atoms with E-state index in [9.17, 15) is 12.8 Å². The molecule has 2 heterocycles. The number of methoxy groups -OCH3 is 2. The van der Waals surface area contributed by atoms with Gasteiger partial charge in [0, 0.05) is 28.6 Å². The molecule has 0 fully saturated rings. The van der Waals surface area contributed by atoms with E-state index in [-0.39, 0.29) is 21.6 Å². The van der Waals surface area contributed by atoms with Gasteiger partial charge in [-0.3, -0.25) is 9.29 Å². The Kier molecular flexibility index (Phi) is 8.90. The summed E-state index contributed by atoms with van der Waals surface area (Å²) in [5.41, 5.74) is 0.204. The van der Waals surface area contributed by atoms with Gasteiger partial charge in [0.15, 0.2) is 21.8 Å². The van der Waals surface area contributed by atoms with Crippen LogP contribution in [-0.2, 0) is 21.2 Å². The van der Waals surface area contributed by atoms with E-state index in [1.165, 1.54) is 32.5 Å². The first kappa shape index (κ1) is 31.3. The molecule has 0 amide bonds. The highest BCUT2D eigenvalue weighted by molar-refractivity contribution is 7.98. The van der Waals surface area contributed by atoms with Gasteiger partial charge in [0.1, 0.15) is 23.3 Å². The Morgan fingerprint density at radius 2 is 1.64 bits per heavy atom. The summed E-state index contributed by atoms with van der Waals surface area (Å²) < 4.78 is 84.3. The number of sulfonamides is 1. The second-order valence-electron chi connectivity index (χ2n) is 9.91. The first-order chi connectivity index (χ1) is 20.9. The molecule has 230 valence electrons. The van der Waals surface area contributed by atoms with Crippen LogP contribution < -0.4 is 14.2 Å². The van der Waals surface area contributed by atoms with Gasteiger partial charge in [0.2, 0.25) is 0 Å². The fourth-order valence-corrected chi connectivity index (χ4v) is 7.18. The third kappa shape index (κ3) is 6.25. The van der Waals surface area contributed by atoms with Crippen molar-refractivity contribution in [2.45, 2.75) is 35.1 Å². The summed E-state index contributed by atoms with van der Waals surface area (Å²) in [5.74, 6) is -1.25. The molecule has 3 aromatic carbocycles. The normalized spacial score (nSPS) is 11.9. The van der Waals surface area contributed by atoms with E-state index in [0.717, 1.165) is 40.8 Å². The second-order valence-corrected chi connectivity index (χ2v) is 13.4. The first-order valence-electron chi connectivity index (χ1n) is 12.9. The van der Waals surface area contributed by atoms with Gasteiger partial charge in [-0.2, -0.15) is 0 Å². The minimum atomic E-state index is -4.27. The van der Waals surface area contributed by atoms with E-state index in [0.29, 0.717) is 23.0 Å². The Morgan fingerprint density at radius 3 is 2.25 bits per heavy atom. The number of anilines is 1. The maximum absolute atomic E-state index is 15.2. The molecule has 0 unspecified atom stereocenters. The van der Waals surface area contributed by atoms with E-state index in [1.54, 1.807) is 28.1 Å². The van der Waals surface area contributed by atoms with Gasteiger partial charge >= 0.3 is 0 Å². The lowest BCUT2D eigenvalue weighted by atomic mass is 9.83. The molecule has 0 aliphatic carbocycles. The van der Waals surface area contributed by atoms with Crippen molar-refractivity contribution < 1.29 is 31.1 Å². The van der Waals surface area contributed by atoms with Gasteiger partial charge in [-0.05, 0) is 67.9 Å². The zero-order valence-corrected chi connectivity index (χ0v) is 26.3. The monoisotopic (exact) mass is 661 g/mol. The van der Waals surface area contributed by atoms with Crippen LogP contribution >= 0.6 is 23.1 Å². The number of nitrogens with one attached hydrogen (secondary N) is 1. The van der Waals surface area contributed by atoms with Gasteiger partial charge in [0.05, 0.1) is 24.5 Å². The summed E-state index contributed by atoms with van der Waals surface area (Å²) in [6, 6.07) is 12.6. The third-order valence-electron chi connectivity index (χ3n) is 6.81. The number of aromatic nitrogens is 4. The van der Waals surface area contributed by atoms with E-state index in [4.69, 9.17) is 9.47 Å². The molecule has 15 heteroatoms. The molecule has 5 rings (SSSR count). The van der Waals surface area contributed by atoms with Crippen molar-refractivity contribution in [3.63, 3.8) is 0 Å². The third-order valence-corrected chi connectivity index (χ3v) is 9.90. The van der Waals surface area contributed by atoms with E-state index in [1.807, 2.05) is 26.0 Å². The van der Waals surface area contributed by atoms with Gasteiger partial charge < -0.3 is 9.47 Å². The number of benzene rings is 3. The molecule has 0 aliphatic heterocycles. The van der Waals surface area contributed by atoms with Crippen molar-refractivity contribution >= 4 is 38.3 Å². The van der Waals surface area contributed by atoms with Crippen molar-refractivity contribution in [3.8, 4) is 17.2 Å². The predicted octanol–water partition coefficient (Wildman–Crippen LogP) is 6.58. The number of halogens is 3. The maximum Gasteiger partial charge on any atom is 0.263 e. The van der Waals surface area contributed by atoms with E-state index >= 15 is 8.78 Å². The van der Waals surface area contributed by atoms with Crippen molar-refractivity contribution in [1.82, 2.24) is 19.7 Å². The Morgan fingerprint density at radius 1 is 0.955 bits per heavy atom. The van der Waals surface area contributed by atoms with Crippen LogP contribution in [0.2, 0.25) is 0 Å². The minimum Gasteiger partial charge on any atom is -0.493 e. The van der Waals surface area contributed by atoms with Crippen molar-refractivity contribution in [3.05, 3.63) is 101 Å². The molecule has 0 spiro atoms. The number of nitrogens with zero attached hydrogens (tertiary/aromatic N) is 4. The number of hydrogen-bond acceptors (Lipinski definition) is 9. The second kappa shape index (κ2) is 12.5. The number of rotatable bonds is 11. The van der Waals surface area contributed by atoms with Gasteiger partial charge in [-0.25, -0.2) is 26.6 Å². The lowest BCUT2D eigenvalue weighted by molar-refractivity contribution is 0.353. The summed E-state index contributed by atoms with van der Waals surface area (Å²) in [6.07, 6.45) is 1.40. The molecular formula is C29H26F3N5O4S3. The molecular weight excluding hydrogens is 636 g/mol. The number of thiazole rings is 1. The molecule has 0 aliphatic rings.